The largest absolute Gasteiger partial charge is 0.355 e. The van der Waals surface area contributed by atoms with Crippen LogP contribution < -0.4 is 4.90 Å². The van der Waals surface area contributed by atoms with Crippen LogP contribution in [-0.2, 0) is 6.42 Å². The van der Waals surface area contributed by atoms with Gasteiger partial charge < -0.3 is 4.90 Å². The topological polar surface area (TPSA) is 46.3 Å². The Morgan fingerprint density at radius 1 is 1.21 bits per heavy atom. The van der Waals surface area contributed by atoms with E-state index in [0.29, 0.717) is 5.41 Å². The van der Waals surface area contributed by atoms with E-state index >= 15 is 0 Å². The number of aryl methyl sites for hydroxylation is 1. The molecule has 0 radical (unpaired) electrons. The minimum Gasteiger partial charge on any atom is -0.355 e. The van der Waals surface area contributed by atoms with Gasteiger partial charge in [-0.15, -0.1) is 15.3 Å². The molecule has 3 heterocycles. The zero-order chi connectivity index (χ0) is 12.9. The summed E-state index contributed by atoms with van der Waals surface area (Å²) in [5.41, 5.74) is 1.47. The highest BCUT2D eigenvalue weighted by molar-refractivity contribution is 5.46. The van der Waals surface area contributed by atoms with E-state index in [1.807, 2.05) is 10.6 Å². The number of nitrogens with zero attached hydrogens (tertiary/aromatic N) is 5. The Balaban J connectivity index is 1.70. The quantitative estimate of drug-likeness (QED) is 0.826. The van der Waals surface area contributed by atoms with E-state index in [1.54, 1.807) is 0 Å². The SMILES string of the molecule is CCc1nnc2ccc(N3CCCC4(CC4)C3)nn12. The Kier molecular flexibility index (Phi) is 2.31. The zero-order valence-corrected chi connectivity index (χ0v) is 11.3. The third kappa shape index (κ3) is 1.79. The van der Waals surface area contributed by atoms with Gasteiger partial charge in [0.25, 0.3) is 0 Å². The van der Waals surface area contributed by atoms with Gasteiger partial charge >= 0.3 is 0 Å². The molecule has 1 spiro atoms. The maximum absolute atomic E-state index is 4.74. The second-order valence-corrected chi connectivity index (χ2v) is 5.96. The van der Waals surface area contributed by atoms with Crippen LogP contribution in [0.2, 0.25) is 0 Å². The molecule has 5 heteroatoms. The molecule has 100 valence electrons. The number of rotatable bonds is 2. The summed E-state index contributed by atoms with van der Waals surface area (Å²) in [6, 6.07) is 4.12. The molecule has 1 aliphatic heterocycles. The highest BCUT2D eigenvalue weighted by Crippen LogP contribution is 2.52. The third-order valence-corrected chi connectivity index (χ3v) is 4.57. The van der Waals surface area contributed by atoms with Gasteiger partial charge in [-0.3, -0.25) is 0 Å². The summed E-state index contributed by atoms with van der Waals surface area (Å²) >= 11 is 0. The van der Waals surface area contributed by atoms with Crippen LogP contribution in [0.5, 0.6) is 0 Å². The fourth-order valence-corrected chi connectivity index (χ4v) is 3.20. The van der Waals surface area contributed by atoms with Crippen molar-refractivity contribution >= 4 is 11.5 Å². The summed E-state index contributed by atoms with van der Waals surface area (Å²) in [7, 11) is 0. The first-order valence-electron chi connectivity index (χ1n) is 7.26. The van der Waals surface area contributed by atoms with Gasteiger partial charge in [0.05, 0.1) is 0 Å². The Bertz CT molecular complexity index is 613. The average Bonchev–Trinajstić information content (AvgIpc) is 3.05. The molecular formula is C14H19N5. The lowest BCUT2D eigenvalue weighted by atomic mass is 9.95. The van der Waals surface area contributed by atoms with Crippen molar-refractivity contribution in [2.24, 2.45) is 5.41 Å². The van der Waals surface area contributed by atoms with Crippen LogP contribution in [0.25, 0.3) is 5.65 Å². The molecule has 0 amide bonds. The zero-order valence-electron chi connectivity index (χ0n) is 11.3. The predicted molar refractivity (Wildman–Crippen MR) is 73.3 cm³/mol. The van der Waals surface area contributed by atoms with E-state index in [4.69, 9.17) is 5.10 Å². The molecule has 2 aromatic heterocycles. The number of piperidine rings is 1. The van der Waals surface area contributed by atoms with Gasteiger partial charge in [0.2, 0.25) is 0 Å². The summed E-state index contributed by atoms with van der Waals surface area (Å²) in [4.78, 5) is 2.44. The van der Waals surface area contributed by atoms with Crippen LogP contribution in [0, 0.1) is 5.41 Å². The van der Waals surface area contributed by atoms with Crippen molar-refractivity contribution in [1.29, 1.82) is 0 Å². The molecule has 1 saturated heterocycles. The van der Waals surface area contributed by atoms with Crippen LogP contribution in [0.4, 0.5) is 5.82 Å². The van der Waals surface area contributed by atoms with Crippen LogP contribution >= 0.6 is 0 Å². The average molecular weight is 257 g/mol. The van der Waals surface area contributed by atoms with Crippen LogP contribution in [0.1, 0.15) is 38.4 Å². The lowest BCUT2D eigenvalue weighted by molar-refractivity contribution is 0.392. The highest BCUT2D eigenvalue weighted by Gasteiger charge is 2.45. The summed E-state index contributed by atoms with van der Waals surface area (Å²) in [5, 5.41) is 13.1. The number of aromatic nitrogens is 4. The molecule has 5 nitrogen and oxygen atoms in total. The number of hydrogen-bond donors (Lipinski definition) is 0. The molecule has 2 aliphatic rings. The van der Waals surface area contributed by atoms with Crippen molar-refractivity contribution in [3.8, 4) is 0 Å². The molecule has 0 N–H and O–H groups in total. The Labute approximate surface area is 112 Å². The first-order valence-corrected chi connectivity index (χ1v) is 7.26. The third-order valence-electron chi connectivity index (χ3n) is 4.57. The van der Waals surface area contributed by atoms with Gasteiger partial charge in [-0.25, -0.2) is 0 Å². The minimum atomic E-state index is 0.621. The molecule has 1 aliphatic carbocycles. The summed E-state index contributed by atoms with van der Waals surface area (Å²) in [6.45, 7) is 4.39. The fraction of sp³-hybridized carbons (Fsp3) is 0.643. The normalized spacial score (nSPS) is 21.2. The maximum Gasteiger partial charge on any atom is 0.178 e. The molecule has 4 rings (SSSR count). The molecular weight excluding hydrogens is 238 g/mol. The van der Waals surface area contributed by atoms with Crippen LogP contribution in [0.15, 0.2) is 12.1 Å². The predicted octanol–water partition coefficient (Wildman–Crippen LogP) is 2.07. The molecule has 2 aromatic rings. The summed E-state index contributed by atoms with van der Waals surface area (Å²) in [5.74, 6) is 2.02. The molecule has 2 fully saturated rings. The van der Waals surface area contributed by atoms with E-state index in [2.05, 4.69) is 28.1 Å². The Morgan fingerprint density at radius 3 is 2.89 bits per heavy atom. The van der Waals surface area contributed by atoms with Crippen molar-refractivity contribution < 1.29 is 0 Å². The monoisotopic (exact) mass is 257 g/mol. The van der Waals surface area contributed by atoms with Crippen molar-refractivity contribution in [1.82, 2.24) is 19.8 Å². The van der Waals surface area contributed by atoms with Gasteiger partial charge in [-0.05, 0) is 43.2 Å². The molecule has 1 saturated carbocycles. The summed E-state index contributed by atoms with van der Waals surface area (Å²) < 4.78 is 1.89. The summed E-state index contributed by atoms with van der Waals surface area (Å²) in [6.07, 6.45) is 6.36. The smallest absolute Gasteiger partial charge is 0.178 e. The second-order valence-electron chi connectivity index (χ2n) is 5.96. The number of fused-ring (bicyclic) bond motifs is 1. The van der Waals surface area contributed by atoms with E-state index in [9.17, 15) is 0 Å². The lowest BCUT2D eigenvalue weighted by Crippen LogP contribution is -2.37. The minimum absolute atomic E-state index is 0.621. The van der Waals surface area contributed by atoms with Crippen molar-refractivity contribution in [3.63, 3.8) is 0 Å². The molecule has 0 atom stereocenters. The molecule has 0 aromatic carbocycles. The number of anilines is 1. The first kappa shape index (κ1) is 11.2. The van der Waals surface area contributed by atoms with Crippen LogP contribution in [-0.4, -0.2) is 32.9 Å². The second kappa shape index (κ2) is 3.92. The van der Waals surface area contributed by atoms with Gasteiger partial charge in [0.15, 0.2) is 11.5 Å². The van der Waals surface area contributed by atoms with Crippen molar-refractivity contribution in [2.75, 3.05) is 18.0 Å². The standard InChI is InChI=1S/C14H19N5/c1-2-11-15-16-12-4-5-13(17-19(11)12)18-9-3-6-14(10-18)7-8-14/h4-5H,2-3,6-10H2,1H3. The van der Waals surface area contributed by atoms with E-state index in [-0.39, 0.29) is 0 Å². The van der Waals surface area contributed by atoms with Gasteiger partial charge in [-0.2, -0.15) is 4.52 Å². The van der Waals surface area contributed by atoms with Gasteiger partial charge in [-0.1, -0.05) is 6.92 Å². The molecule has 0 unspecified atom stereocenters. The van der Waals surface area contributed by atoms with Crippen LogP contribution in [0.3, 0.4) is 0 Å². The maximum atomic E-state index is 4.74. The van der Waals surface area contributed by atoms with E-state index in [1.165, 1.54) is 32.2 Å². The fourth-order valence-electron chi connectivity index (χ4n) is 3.20. The Morgan fingerprint density at radius 2 is 2.11 bits per heavy atom. The molecule has 0 bridgehead atoms. The van der Waals surface area contributed by atoms with Gasteiger partial charge in [0.1, 0.15) is 5.82 Å². The van der Waals surface area contributed by atoms with Gasteiger partial charge in [0, 0.05) is 19.5 Å². The Hall–Kier alpha value is -1.65. The number of hydrogen-bond acceptors (Lipinski definition) is 4. The first-order chi connectivity index (χ1) is 9.30. The van der Waals surface area contributed by atoms with E-state index < -0.39 is 0 Å². The highest BCUT2D eigenvalue weighted by atomic mass is 15.4. The van der Waals surface area contributed by atoms with E-state index in [0.717, 1.165) is 30.3 Å². The van der Waals surface area contributed by atoms with Crippen molar-refractivity contribution in [3.05, 3.63) is 18.0 Å². The molecule has 19 heavy (non-hydrogen) atoms. The lowest BCUT2D eigenvalue weighted by Gasteiger charge is -2.33. The van der Waals surface area contributed by atoms with Crippen molar-refractivity contribution in [2.45, 2.75) is 39.0 Å².